The van der Waals surface area contributed by atoms with E-state index in [9.17, 15) is 4.79 Å². The number of hydrogen-bond acceptors (Lipinski definition) is 4. The van der Waals surface area contributed by atoms with E-state index in [1.165, 1.54) is 32.0 Å². The Kier molecular flexibility index (Phi) is 5.82. The van der Waals surface area contributed by atoms with E-state index in [2.05, 4.69) is 20.6 Å². The van der Waals surface area contributed by atoms with Crippen LogP contribution in [-0.2, 0) is 4.79 Å². The highest BCUT2D eigenvalue weighted by atomic mass is 16.1. The lowest BCUT2D eigenvalue weighted by Crippen LogP contribution is -2.29. The van der Waals surface area contributed by atoms with Crippen LogP contribution in [0.25, 0.3) is 5.82 Å². The second-order valence-corrected chi connectivity index (χ2v) is 6.32. The van der Waals surface area contributed by atoms with Crippen molar-refractivity contribution in [2.24, 2.45) is 5.92 Å². The molecule has 2 aromatic rings. The van der Waals surface area contributed by atoms with E-state index in [4.69, 9.17) is 0 Å². The second-order valence-electron chi connectivity index (χ2n) is 6.32. The molecule has 0 aliphatic heterocycles. The Morgan fingerprint density at radius 3 is 2.75 bits per heavy atom. The van der Waals surface area contributed by atoms with Crippen LogP contribution in [0.15, 0.2) is 36.9 Å². The quantitative estimate of drug-likeness (QED) is 0.731. The largest absolute Gasteiger partial charge is 0.368 e. The van der Waals surface area contributed by atoms with Gasteiger partial charge in [0.15, 0.2) is 0 Å². The number of amides is 1. The summed E-state index contributed by atoms with van der Waals surface area (Å²) in [5, 5.41) is 6.19. The van der Waals surface area contributed by atoms with Crippen molar-refractivity contribution in [2.45, 2.75) is 38.5 Å². The molecule has 6 nitrogen and oxygen atoms in total. The van der Waals surface area contributed by atoms with Crippen LogP contribution >= 0.6 is 0 Å². The van der Waals surface area contributed by atoms with Gasteiger partial charge in [-0.1, -0.05) is 25.7 Å². The molecule has 0 radical (unpaired) electrons. The maximum atomic E-state index is 11.9. The zero-order chi connectivity index (χ0) is 16.6. The van der Waals surface area contributed by atoms with Crippen molar-refractivity contribution in [1.82, 2.24) is 19.9 Å². The summed E-state index contributed by atoms with van der Waals surface area (Å²) in [5.74, 6) is 2.49. The van der Waals surface area contributed by atoms with Crippen LogP contribution in [-0.4, -0.2) is 33.5 Å². The normalized spacial score (nSPS) is 14.7. The predicted molar refractivity (Wildman–Crippen MR) is 94.1 cm³/mol. The maximum absolute atomic E-state index is 11.9. The van der Waals surface area contributed by atoms with Crippen LogP contribution in [0.4, 0.5) is 5.82 Å². The zero-order valence-electron chi connectivity index (χ0n) is 13.9. The molecule has 2 heterocycles. The molecule has 2 aromatic heterocycles. The molecule has 0 saturated heterocycles. The number of hydrogen-bond donors (Lipinski definition) is 2. The second kappa shape index (κ2) is 8.47. The van der Waals surface area contributed by atoms with E-state index >= 15 is 0 Å². The zero-order valence-corrected chi connectivity index (χ0v) is 13.9. The van der Waals surface area contributed by atoms with E-state index in [1.54, 1.807) is 0 Å². The average molecular weight is 327 g/mol. The third kappa shape index (κ3) is 4.81. The minimum Gasteiger partial charge on any atom is -0.368 e. The molecule has 3 rings (SSSR count). The summed E-state index contributed by atoms with van der Waals surface area (Å²) in [6.07, 6.45) is 12.4. The van der Waals surface area contributed by atoms with Crippen molar-refractivity contribution >= 4 is 11.7 Å². The Hall–Kier alpha value is -2.37. The van der Waals surface area contributed by atoms with Gasteiger partial charge in [-0.3, -0.25) is 4.79 Å². The van der Waals surface area contributed by atoms with Crippen LogP contribution < -0.4 is 10.6 Å². The van der Waals surface area contributed by atoms with E-state index < -0.39 is 0 Å². The number of anilines is 1. The Morgan fingerprint density at radius 1 is 1.17 bits per heavy atom. The van der Waals surface area contributed by atoms with Gasteiger partial charge in [-0.25, -0.2) is 9.97 Å². The van der Waals surface area contributed by atoms with Gasteiger partial charge in [-0.15, -0.1) is 0 Å². The number of aromatic nitrogens is 3. The first-order valence-electron chi connectivity index (χ1n) is 8.77. The number of nitrogens with zero attached hydrogens (tertiary/aromatic N) is 3. The fourth-order valence-electron chi connectivity index (χ4n) is 3.19. The third-order valence-electron chi connectivity index (χ3n) is 4.53. The minimum atomic E-state index is 0.152. The molecular formula is C18H25N5O. The topological polar surface area (TPSA) is 71.8 Å². The Balaban J connectivity index is 1.35. The molecule has 1 amide bonds. The van der Waals surface area contributed by atoms with Crippen LogP contribution in [0.5, 0.6) is 0 Å². The fourth-order valence-corrected chi connectivity index (χ4v) is 3.19. The van der Waals surface area contributed by atoms with Crippen LogP contribution in [0.1, 0.15) is 38.5 Å². The average Bonchev–Trinajstić information content (AvgIpc) is 3.31. The lowest BCUT2D eigenvalue weighted by atomic mass is 10.0. The molecule has 0 atom stereocenters. The van der Waals surface area contributed by atoms with Crippen LogP contribution in [0.2, 0.25) is 0 Å². The van der Waals surface area contributed by atoms with Crippen molar-refractivity contribution < 1.29 is 4.79 Å². The number of carbonyl (C=O) groups is 1. The van der Waals surface area contributed by atoms with Gasteiger partial charge in [0.1, 0.15) is 18.0 Å². The molecule has 1 aliphatic carbocycles. The number of rotatable bonds is 8. The van der Waals surface area contributed by atoms with Crippen molar-refractivity contribution in [1.29, 1.82) is 0 Å². The summed E-state index contributed by atoms with van der Waals surface area (Å²) >= 11 is 0. The molecule has 1 fully saturated rings. The summed E-state index contributed by atoms with van der Waals surface area (Å²) in [6, 6.07) is 5.80. The molecule has 24 heavy (non-hydrogen) atoms. The molecule has 0 spiro atoms. The molecule has 128 valence electrons. The van der Waals surface area contributed by atoms with Gasteiger partial charge in [-0.05, 0) is 24.5 Å². The van der Waals surface area contributed by atoms with E-state index in [1.807, 2.05) is 35.2 Å². The molecule has 0 unspecified atom stereocenters. The van der Waals surface area contributed by atoms with Gasteiger partial charge in [0.25, 0.3) is 0 Å². The lowest BCUT2D eigenvalue weighted by molar-refractivity contribution is -0.121. The smallest absolute Gasteiger partial charge is 0.220 e. The lowest BCUT2D eigenvalue weighted by Gasteiger charge is -2.10. The molecule has 0 bridgehead atoms. The van der Waals surface area contributed by atoms with E-state index in [0.29, 0.717) is 19.5 Å². The van der Waals surface area contributed by atoms with Crippen molar-refractivity contribution in [2.75, 3.05) is 18.4 Å². The Bertz CT molecular complexity index is 635. The first-order chi connectivity index (χ1) is 11.8. The molecule has 0 aromatic carbocycles. The van der Waals surface area contributed by atoms with Crippen molar-refractivity contribution in [3.05, 3.63) is 36.9 Å². The Morgan fingerprint density at radius 2 is 1.96 bits per heavy atom. The molecule has 6 heteroatoms. The number of nitrogens with one attached hydrogen (secondary N) is 2. The van der Waals surface area contributed by atoms with Gasteiger partial charge < -0.3 is 15.2 Å². The molecular weight excluding hydrogens is 302 g/mol. The first kappa shape index (κ1) is 16.5. The highest BCUT2D eigenvalue weighted by molar-refractivity contribution is 5.75. The summed E-state index contributed by atoms with van der Waals surface area (Å²) in [6.45, 7) is 1.25. The summed E-state index contributed by atoms with van der Waals surface area (Å²) in [7, 11) is 0. The monoisotopic (exact) mass is 327 g/mol. The van der Waals surface area contributed by atoms with E-state index in [-0.39, 0.29) is 5.91 Å². The first-order valence-corrected chi connectivity index (χ1v) is 8.77. The van der Waals surface area contributed by atoms with E-state index in [0.717, 1.165) is 24.0 Å². The molecule has 1 aliphatic rings. The minimum absolute atomic E-state index is 0.152. The predicted octanol–water partition coefficient (Wildman–Crippen LogP) is 2.77. The molecule has 1 saturated carbocycles. The van der Waals surface area contributed by atoms with Crippen molar-refractivity contribution in [3.8, 4) is 5.82 Å². The van der Waals surface area contributed by atoms with Crippen molar-refractivity contribution in [3.63, 3.8) is 0 Å². The standard InChI is InChI=1S/C18H25N5O/c24-18(8-7-15-5-1-2-6-15)20-10-9-19-16-13-17(22-14-21-16)23-11-3-4-12-23/h3-4,11-15H,1-2,5-10H2,(H,20,24)(H,19,21,22). The van der Waals surface area contributed by atoms with Crippen LogP contribution in [0, 0.1) is 5.92 Å². The SMILES string of the molecule is O=C(CCC1CCCC1)NCCNc1cc(-n2cccc2)ncn1. The molecule has 2 N–H and O–H groups in total. The summed E-state index contributed by atoms with van der Waals surface area (Å²) in [4.78, 5) is 20.3. The maximum Gasteiger partial charge on any atom is 0.220 e. The summed E-state index contributed by atoms with van der Waals surface area (Å²) < 4.78 is 1.93. The van der Waals surface area contributed by atoms with Gasteiger partial charge in [-0.2, -0.15) is 0 Å². The highest BCUT2D eigenvalue weighted by Crippen LogP contribution is 2.28. The fraction of sp³-hybridized carbons (Fsp3) is 0.500. The highest BCUT2D eigenvalue weighted by Gasteiger charge is 2.15. The van der Waals surface area contributed by atoms with Gasteiger partial charge in [0.05, 0.1) is 0 Å². The van der Waals surface area contributed by atoms with Gasteiger partial charge in [0, 0.05) is 38.0 Å². The third-order valence-corrected chi connectivity index (χ3v) is 4.53. The summed E-state index contributed by atoms with van der Waals surface area (Å²) in [5.41, 5.74) is 0. The number of carbonyl (C=O) groups excluding carboxylic acids is 1. The van der Waals surface area contributed by atoms with Gasteiger partial charge >= 0.3 is 0 Å². The van der Waals surface area contributed by atoms with Gasteiger partial charge in [0.2, 0.25) is 5.91 Å². The Labute approximate surface area is 142 Å². The van der Waals surface area contributed by atoms with Crippen LogP contribution in [0.3, 0.4) is 0 Å².